The topological polar surface area (TPSA) is 49.4 Å². The molecule has 0 fully saturated rings. The molecule has 2 rings (SSSR count). The van der Waals surface area contributed by atoms with Gasteiger partial charge in [0.2, 0.25) is 11.8 Å². The van der Waals surface area contributed by atoms with Gasteiger partial charge in [0.15, 0.2) is 0 Å². The molecule has 0 aliphatic rings. The number of amides is 2. The van der Waals surface area contributed by atoms with Gasteiger partial charge < -0.3 is 10.2 Å². The minimum absolute atomic E-state index is 0.126. The SMILES string of the molecule is C=CCNC(=O)[C@H](Cc1ccccc1)N(Cc1ccc(F)cc1)C(=O)C(C)C. The number of nitrogens with one attached hydrogen (secondary N) is 1. The van der Waals surface area contributed by atoms with Gasteiger partial charge in [0.1, 0.15) is 11.9 Å². The van der Waals surface area contributed by atoms with Crippen LogP contribution in [0.3, 0.4) is 0 Å². The Balaban J connectivity index is 2.36. The van der Waals surface area contributed by atoms with E-state index in [1.807, 2.05) is 30.3 Å². The first-order valence-corrected chi connectivity index (χ1v) is 9.39. The highest BCUT2D eigenvalue weighted by Gasteiger charge is 2.31. The van der Waals surface area contributed by atoms with Crippen molar-refractivity contribution in [2.24, 2.45) is 5.92 Å². The van der Waals surface area contributed by atoms with Crippen LogP contribution in [0.4, 0.5) is 4.39 Å². The normalized spacial score (nSPS) is 11.7. The standard InChI is InChI=1S/C23H27FN2O2/c1-4-14-25-22(27)21(15-18-8-6-5-7-9-18)26(23(28)17(2)3)16-19-10-12-20(24)13-11-19/h4-13,17,21H,1,14-16H2,2-3H3,(H,25,27)/t21-/m0/s1. The molecule has 0 aliphatic carbocycles. The van der Waals surface area contributed by atoms with Gasteiger partial charge in [-0.25, -0.2) is 4.39 Å². The van der Waals surface area contributed by atoms with E-state index < -0.39 is 6.04 Å². The van der Waals surface area contributed by atoms with Crippen molar-refractivity contribution in [1.29, 1.82) is 0 Å². The fourth-order valence-corrected chi connectivity index (χ4v) is 2.93. The largest absolute Gasteiger partial charge is 0.351 e. The Morgan fingerprint density at radius 3 is 2.29 bits per heavy atom. The van der Waals surface area contributed by atoms with E-state index in [1.165, 1.54) is 12.1 Å². The van der Waals surface area contributed by atoms with E-state index in [1.54, 1.807) is 37.0 Å². The summed E-state index contributed by atoms with van der Waals surface area (Å²) < 4.78 is 13.3. The molecule has 0 spiro atoms. The Hall–Kier alpha value is -2.95. The van der Waals surface area contributed by atoms with Gasteiger partial charge in [0.25, 0.3) is 0 Å². The quantitative estimate of drug-likeness (QED) is 0.672. The molecule has 5 heteroatoms. The van der Waals surface area contributed by atoms with Crippen LogP contribution in [0.25, 0.3) is 0 Å². The Kier molecular flexibility index (Phi) is 7.93. The molecule has 2 aromatic rings. The predicted molar refractivity (Wildman–Crippen MR) is 109 cm³/mol. The van der Waals surface area contributed by atoms with E-state index in [9.17, 15) is 14.0 Å². The molecule has 28 heavy (non-hydrogen) atoms. The summed E-state index contributed by atoms with van der Waals surface area (Å²) in [4.78, 5) is 27.5. The number of hydrogen-bond donors (Lipinski definition) is 1. The summed E-state index contributed by atoms with van der Waals surface area (Å²) in [7, 11) is 0. The fourth-order valence-electron chi connectivity index (χ4n) is 2.93. The third kappa shape index (κ3) is 6.05. The van der Waals surface area contributed by atoms with Crippen LogP contribution in [-0.4, -0.2) is 29.3 Å². The van der Waals surface area contributed by atoms with E-state index >= 15 is 0 Å². The van der Waals surface area contributed by atoms with Crippen molar-refractivity contribution in [3.63, 3.8) is 0 Å². The van der Waals surface area contributed by atoms with Crippen molar-refractivity contribution < 1.29 is 14.0 Å². The summed E-state index contributed by atoms with van der Waals surface area (Å²) >= 11 is 0. The molecule has 0 saturated carbocycles. The van der Waals surface area contributed by atoms with Crippen molar-refractivity contribution in [2.75, 3.05) is 6.54 Å². The lowest BCUT2D eigenvalue weighted by Crippen LogP contribution is -2.51. The maximum absolute atomic E-state index is 13.3. The fraction of sp³-hybridized carbons (Fsp3) is 0.304. The van der Waals surface area contributed by atoms with Crippen LogP contribution in [0.1, 0.15) is 25.0 Å². The molecule has 1 N–H and O–H groups in total. The minimum atomic E-state index is -0.678. The lowest BCUT2D eigenvalue weighted by atomic mass is 10.0. The van der Waals surface area contributed by atoms with Gasteiger partial charge in [-0.05, 0) is 23.3 Å². The number of hydrogen-bond acceptors (Lipinski definition) is 2. The number of carbonyl (C=O) groups is 2. The Morgan fingerprint density at radius 1 is 1.07 bits per heavy atom. The third-order valence-corrected chi connectivity index (χ3v) is 4.41. The molecular weight excluding hydrogens is 355 g/mol. The van der Waals surface area contributed by atoms with E-state index in [0.29, 0.717) is 13.0 Å². The summed E-state index contributed by atoms with van der Waals surface area (Å²) in [6.07, 6.45) is 2.00. The molecule has 0 aliphatic heterocycles. The first-order valence-electron chi connectivity index (χ1n) is 9.39. The first-order chi connectivity index (χ1) is 13.4. The third-order valence-electron chi connectivity index (χ3n) is 4.41. The lowest BCUT2D eigenvalue weighted by molar-refractivity contribution is -0.143. The zero-order chi connectivity index (χ0) is 20.5. The first kappa shape index (κ1) is 21.4. The Bertz CT molecular complexity index is 788. The molecule has 4 nitrogen and oxygen atoms in total. The van der Waals surface area contributed by atoms with Gasteiger partial charge in [-0.3, -0.25) is 9.59 Å². The monoisotopic (exact) mass is 382 g/mol. The lowest BCUT2D eigenvalue weighted by Gasteiger charge is -2.32. The second-order valence-corrected chi connectivity index (χ2v) is 6.99. The average molecular weight is 382 g/mol. The van der Waals surface area contributed by atoms with Gasteiger partial charge in [0, 0.05) is 25.4 Å². The highest BCUT2D eigenvalue weighted by atomic mass is 19.1. The second kappa shape index (κ2) is 10.4. The molecule has 0 aromatic heterocycles. The van der Waals surface area contributed by atoms with Crippen LogP contribution >= 0.6 is 0 Å². The van der Waals surface area contributed by atoms with Crippen molar-refractivity contribution in [3.05, 3.63) is 84.2 Å². The summed E-state index contributed by atoms with van der Waals surface area (Å²) in [5, 5.41) is 2.81. The van der Waals surface area contributed by atoms with Gasteiger partial charge >= 0.3 is 0 Å². The van der Waals surface area contributed by atoms with Crippen molar-refractivity contribution in [1.82, 2.24) is 10.2 Å². The zero-order valence-electron chi connectivity index (χ0n) is 16.4. The Labute approximate surface area is 166 Å². The molecule has 2 aromatic carbocycles. The van der Waals surface area contributed by atoms with Crippen molar-refractivity contribution >= 4 is 11.8 Å². The van der Waals surface area contributed by atoms with E-state index in [0.717, 1.165) is 11.1 Å². The number of halogens is 1. The van der Waals surface area contributed by atoms with Gasteiger partial charge in [0.05, 0.1) is 0 Å². The summed E-state index contributed by atoms with van der Waals surface area (Å²) in [6, 6.07) is 14.9. The van der Waals surface area contributed by atoms with Gasteiger partial charge in [-0.15, -0.1) is 6.58 Å². The average Bonchev–Trinajstić information content (AvgIpc) is 2.70. The number of benzene rings is 2. The van der Waals surface area contributed by atoms with Crippen LogP contribution in [-0.2, 0) is 22.6 Å². The molecule has 0 unspecified atom stereocenters. The number of nitrogens with zero attached hydrogens (tertiary/aromatic N) is 1. The second-order valence-electron chi connectivity index (χ2n) is 6.99. The predicted octanol–water partition coefficient (Wildman–Crippen LogP) is 3.72. The maximum Gasteiger partial charge on any atom is 0.243 e. The molecule has 148 valence electrons. The van der Waals surface area contributed by atoms with Crippen LogP contribution in [0.15, 0.2) is 67.3 Å². The highest BCUT2D eigenvalue weighted by Crippen LogP contribution is 2.17. The summed E-state index contributed by atoms with van der Waals surface area (Å²) in [5.74, 6) is -0.972. The van der Waals surface area contributed by atoms with E-state index in [4.69, 9.17) is 0 Å². The van der Waals surface area contributed by atoms with Gasteiger partial charge in [-0.1, -0.05) is 62.4 Å². The molecule has 1 atom stereocenters. The molecular formula is C23H27FN2O2. The number of carbonyl (C=O) groups excluding carboxylic acids is 2. The van der Waals surface area contributed by atoms with Crippen molar-refractivity contribution in [2.45, 2.75) is 32.9 Å². The van der Waals surface area contributed by atoms with Crippen LogP contribution in [0.2, 0.25) is 0 Å². The molecule has 0 heterocycles. The summed E-state index contributed by atoms with van der Waals surface area (Å²) in [5.41, 5.74) is 1.73. The van der Waals surface area contributed by atoms with Crippen LogP contribution < -0.4 is 5.32 Å². The summed E-state index contributed by atoms with van der Waals surface area (Å²) in [6.45, 7) is 7.80. The zero-order valence-corrected chi connectivity index (χ0v) is 16.4. The van der Waals surface area contributed by atoms with Crippen LogP contribution in [0, 0.1) is 11.7 Å². The Morgan fingerprint density at radius 2 is 1.71 bits per heavy atom. The molecule has 0 saturated heterocycles. The smallest absolute Gasteiger partial charge is 0.243 e. The van der Waals surface area contributed by atoms with Crippen LogP contribution in [0.5, 0.6) is 0 Å². The minimum Gasteiger partial charge on any atom is -0.351 e. The highest BCUT2D eigenvalue weighted by molar-refractivity contribution is 5.88. The van der Waals surface area contributed by atoms with Gasteiger partial charge in [-0.2, -0.15) is 0 Å². The molecule has 0 radical (unpaired) electrons. The maximum atomic E-state index is 13.3. The molecule has 0 bridgehead atoms. The van der Waals surface area contributed by atoms with E-state index in [2.05, 4.69) is 11.9 Å². The molecule has 2 amide bonds. The van der Waals surface area contributed by atoms with Crippen molar-refractivity contribution in [3.8, 4) is 0 Å². The number of rotatable bonds is 9. The van der Waals surface area contributed by atoms with E-state index in [-0.39, 0.29) is 30.1 Å².